The highest BCUT2D eigenvalue weighted by atomic mass is 35.5. The van der Waals surface area contributed by atoms with Crippen molar-refractivity contribution < 1.29 is 33.3 Å². The Kier molecular flexibility index (Phi) is 9.04. The molecule has 1 atom stereocenters. The van der Waals surface area contributed by atoms with Gasteiger partial charge in [-0.15, -0.1) is 0 Å². The first-order chi connectivity index (χ1) is 19.0. The first-order valence-corrected chi connectivity index (χ1v) is 13.3. The van der Waals surface area contributed by atoms with Crippen molar-refractivity contribution in [2.24, 2.45) is 0 Å². The molecule has 8 nitrogen and oxygen atoms in total. The highest BCUT2D eigenvalue weighted by Gasteiger charge is 2.32. The van der Waals surface area contributed by atoms with Gasteiger partial charge in [-0.2, -0.15) is 4.39 Å². The first kappa shape index (κ1) is 29.0. The predicted molar refractivity (Wildman–Crippen MR) is 151 cm³/mol. The van der Waals surface area contributed by atoms with E-state index in [1.54, 1.807) is 59.5 Å². The van der Waals surface area contributed by atoms with Gasteiger partial charge >= 0.3 is 5.97 Å². The Morgan fingerprint density at radius 3 is 2.48 bits per heavy atom. The summed E-state index contributed by atoms with van der Waals surface area (Å²) in [7, 11) is 1.52. The molecule has 0 fully saturated rings. The average Bonchev–Trinajstić information content (AvgIpc) is 3.32. The Balaban J connectivity index is 1.63. The molecular weight excluding hydrogens is 539 g/mol. The number of carboxylic acids is 1. The third-order valence-electron chi connectivity index (χ3n) is 6.26. The molecule has 0 radical (unpaired) electrons. The van der Waals surface area contributed by atoms with Gasteiger partial charge in [0, 0.05) is 61.8 Å². The molecule has 3 aromatic carbocycles. The number of halogens is 2. The Hall–Kier alpha value is -3.98. The monoisotopic (exact) mass is 570 g/mol. The SMILES string of the molecule is COc1cc(NC(C(=O)N2CCc3ccc(OC(C)(C)F)cc32)c2ccc(Cl)cc2)cc(OCCCC(=O)O)c1. The van der Waals surface area contributed by atoms with Crippen molar-refractivity contribution in [3.8, 4) is 17.2 Å². The minimum atomic E-state index is -1.87. The zero-order valence-corrected chi connectivity index (χ0v) is 23.3. The van der Waals surface area contributed by atoms with Crippen LogP contribution in [0.5, 0.6) is 17.2 Å². The molecule has 1 aliphatic heterocycles. The van der Waals surface area contributed by atoms with Gasteiger partial charge in [0.2, 0.25) is 5.85 Å². The van der Waals surface area contributed by atoms with Crippen molar-refractivity contribution >= 4 is 34.9 Å². The molecule has 1 heterocycles. The van der Waals surface area contributed by atoms with Crippen LogP contribution in [-0.2, 0) is 16.0 Å². The topological polar surface area (TPSA) is 97.3 Å². The number of hydrogen-bond acceptors (Lipinski definition) is 6. The molecule has 3 aromatic rings. The van der Waals surface area contributed by atoms with E-state index in [1.165, 1.54) is 21.0 Å². The summed E-state index contributed by atoms with van der Waals surface area (Å²) < 4.78 is 30.8. The smallest absolute Gasteiger partial charge is 0.303 e. The van der Waals surface area contributed by atoms with Crippen LogP contribution in [0.4, 0.5) is 15.8 Å². The number of carboxylic acid groups (broad SMARTS) is 1. The van der Waals surface area contributed by atoms with E-state index in [0.29, 0.717) is 58.6 Å². The zero-order chi connectivity index (χ0) is 28.9. The molecule has 1 aliphatic rings. The lowest BCUT2D eigenvalue weighted by molar-refractivity contribution is -0.137. The summed E-state index contributed by atoms with van der Waals surface area (Å²) in [6, 6.07) is 16.6. The van der Waals surface area contributed by atoms with Crippen LogP contribution in [-0.4, -0.2) is 43.1 Å². The van der Waals surface area contributed by atoms with E-state index in [-0.39, 0.29) is 18.9 Å². The number of aliphatic carboxylic acids is 1. The fourth-order valence-electron chi connectivity index (χ4n) is 4.47. The molecule has 1 amide bonds. The Morgan fingerprint density at radius 1 is 1.07 bits per heavy atom. The third kappa shape index (κ3) is 7.57. The van der Waals surface area contributed by atoms with E-state index in [4.69, 9.17) is 30.9 Å². The summed E-state index contributed by atoms with van der Waals surface area (Å²) in [6.45, 7) is 3.31. The van der Waals surface area contributed by atoms with Gasteiger partial charge in [-0.25, -0.2) is 0 Å². The quantitative estimate of drug-likeness (QED) is 0.243. The summed E-state index contributed by atoms with van der Waals surface area (Å²) >= 11 is 6.13. The molecule has 0 aliphatic carbocycles. The van der Waals surface area contributed by atoms with Gasteiger partial charge in [0.15, 0.2) is 0 Å². The van der Waals surface area contributed by atoms with Gasteiger partial charge in [-0.1, -0.05) is 29.8 Å². The molecule has 0 saturated carbocycles. The van der Waals surface area contributed by atoms with Gasteiger partial charge < -0.3 is 29.5 Å². The van der Waals surface area contributed by atoms with Crippen LogP contribution in [0.1, 0.15) is 43.9 Å². The van der Waals surface area contributed by atoms with Crippen molar-refractivity contribution in [1.29, 1.82) is 0 Å². The third-order valence-corrected chi connectivity index (χ3v) is 6.51. The maximum atomic E-state index is 14.2. The summed E-state index contributed by atoms with van der Waals surface area (Å²) in [5.41, 5.74) is 2.88. The second kappa shape index (κ2) is 12.5. The lowest BCUT2D eigenvalue weighted by atomic mass is 10.0. The number of nitrogens with one attached hydrogen (secondary N) is 1. The van der Waals surface area contributed by atoms with Gasteiger partial charge in [-0.3, -0.25) is 9.59 Å². The normalized spacial score (nSPS) is 13.4. The number of amides is 1. The number of benzene rings is 3. The summed E-state index contributed by atoms with van der Waals surface area (Å²) in [5.74, 6) is -1.67. The highest BCUT2D eigenvalue weighted by molar-refractivity contribution is 6.30. The van der Waals surface area contributed by atoms with E-state index >= 15 is 0 Å². The lowest BCUT2D eigenvalue weighted by Gasteiger charge is -2.27. The maximum absolute atomic E-state index is 14.2. The fraction of sp³-hybridized carbons (Fsp3) is 0.333. The van der Waals surface area contributed by atoms with Crippen LogP contribution < -0.4 is 24.4 Å². The van der Waals surface area contributed by atoms with Crippen LogP contribution in [0.25, 0.3) is 0 Å². The maximum Gasteiger partial charge on any atom is 0.303 e. The molecule has 4 rings (SSSR count). The standard InChI is InChI=1S/C30H32ClFN2O6/c1-30(2,32)40-23-11-8-19-12-13-34(26(19)18-23)29(37)28(20-6-9-21(31)10-7-20)33-22-15-24(38-3)17-25(16-22)39-14-4-5-27(35)36/h6-11,15-18,28,33H,4-5,12-14H2,1-3H3,(H,35,36). The van der Waals surface area contributed by atoms with Gasteiger partial charge in [0.25, 0.3) is 5.91 Å². The van der Waals surface area contributed by atoms with Crippen LogP contribution in [0, 0.1) is 0 Å². The number of hydrogen-bond donors (Lipinski definition) is 2. The van der Waals surface area contributed by atoms with E-state index < -0.39 is 17.9 Å². The highest BCUT2D eigenvalue weighted by Crippen LogP contribution is 2.36. The summed E-state index contributed by atoms with van der Waals surface area (Å²) in [5, 5.41) is 12.7. The van der Waals surface area contributed by atoms with Gasteiger partial charge in [-0.05, 0) is 42.2 Å². The minimum absolute atomic E-state index is 0.00485. The van der Waals surface area contributed by atoms with Crippen molar-refractivity contribution in [3.63, 3.8) is 0 Å². The first-order valence-electron chi connectivity index (χ1n) is 12.9. The number of alkyl halides is 1. The summed E-state index contributed by atoms with van der Waals surface area (Å²) in [4.78, 5) is 26.6. The number of ether oxygens (including phenoxy) is 3. The second-order valence-electron chi connectivity index (χ2n) is 9.87. The molecule has 212 valence electrons. The van der Waals surface area contributed by atoms with Crippen molar-refractivity contribution in [1.82, 2.24) is 0 Å². The molecule has 10 heteroatoms. The average molecular weight is 571 g/mol. The molecule has 0 bridgehead atoms. The minimum Gasteiger partial charge on any atom is -0.497 e. The molecule has 1 unspecified atom stereocenters. The molecule has 2 N–H and O–H groups in total. The fourth-order valence-corrected chi connectivity index (χ4v) is 4.59. The van der Waals surface area contributed by atoms with Gasteiger partial charge in [0.05, 0.1) is 19.4 Å². The Labute approximate surface area is 237 Å². The summed E-state index contributed by atoms with van der Waals surface area (Å²) in [6.07, 6.45) is 0.997. The van der Waals surface area contributed by atoms with Crippen LogP contribution in [0.3, 0.4) is 0 Å². The van der Waals surface area contributed by atoms with E-state index in [2.05, 4.69) is 5.32 Å². The number of rotatable bonds is 12. The number of carbonyl (C=O) groups is 2. The number of anilines is 2. The number of fused-ring (bicyclic) bond motifs is 1. The van der Waals surface area contributed by atoms with Gasteiger partial charge in [0.1, 0.15) is 23.3 Å². The van der Waals surface area contributed by atoms with Crippen LogP contribution in [0.15, 0.2) is 60.7 Å². The molecule has 40 heavy (non-hydrogen) atoms. The lowest BCUT2D eigenvalue weighted by Crippen LogP contribution is -2.37. The largest absolute Gasteiger partial charge is 0.497 e. The zero-order valence-electron chi connectivity index (χ0n) is 22.6. The predicted octanol–water partition coefficient (Wildman–Crippen LogP) is 6.42. The number of methoxy groups -OCH3 is 1. The van der Waals surface area contributed by atoms with E-state index in [9.17, 15) is 14.0 Å². The molecular formula is C30H32ClFN2O6. The van der Waals surface area contributed by atoms with E-state index in [0.717, 1.165) is 5.56 Å². The second-order valence-corrected chi connectivity index (χ2v) is 10.3. The molecule has 0 spiro atoms. The Morgan fingerprint density at radius 2 is 1.80 bits per heavy atom. The van der Waals surface area contributed by atoms with Crippen molar-refractivity contribution in [3.05, 3.63) is 76.8 Å². The number of carbonyl (C=O) groups excluding carboxylic acids is 1. The number of nitrogens with zero attached hydrogens (tertiary/aromatic N) is 1. The van der Waals surface area contributed by atoms with Crippen LogP contribution >= 0.6 is 11.6 Å². The molecule has 0 aromatic heterocycles. The Bertz CT molecular complexity index is 1360. The van der Waals surface area contributed by atoms with E-state index in [1.807, 2.05) is 6.07 Å². The van der Waals surface area contributed by atoms with Crippen LogP contribution in [0.2, 0.25) is 5.02 Å². The van der Waals surface area contributed by atoms with Crippen molar-refractivity contribution in [2.75, 3.05) is 30.5 Å². The molecule has 0 saturated heterocycles. The van der Waals surface area contributed by atoms with Crippen molar-refractivity contribution in [2.45, 2.75) is 45.0 Å².